The molecule has 0 aliphatic heterocycles. The number of amides is 1. The topological polar surface area (TPSA) is 83.6 Å². The second kappa shape index (κ2) is 5.54. The molecule has 1 fully saturated rings. The molecule has 1 aromatic rings. The van der Waals surface area contributed by atoms with Gasteiger partial charge in [-0.1, -0.05) is 5.21 Å². The maximum Gasteiger partial charge on any atom is 0.391 e. The smallest absolute Gasteiger partial charge is 0.348 e. The van der Waals surface area contributed by atoms with Gasteiger partial charge in [-0.15, -0.1) is 10.2 Å². The molecule has 1 aliphatic rings. The molecule has 1 saturated carbocycles. The molecule has 0 saturated heterocycles. The number of carbonyl (C=O) groups excluding carboxylic acids is 1. The number of nitrogens with one attached hydrogen (secondary N) is 2. The van der Waals surface area contributed by atoms with Crippen LogP contribution in [0, 0.1) is 11.8 Å². The van der Waals surface area contributed by atoms with Crippen LogP contribution in [0.5, 0.6) is 0 Å². The predicted octanol–water partition coefficient (Wildman–Crippen LogP) is 1.18. The highest BCUT2D eigenvalue weighted by Gasteiger charge is 2.42. The highest BCUT2D eigenvalue weighted by Crippen LogP contribution is 2.39. The maximum absolute atomic E-state index is 12.5. The molecular weight excluding hydrogens is 263 g/mol. The summed E-state index contributed by atoms with van der Waals surface area (Å²) in [6.07, 6.45) is -3.58. The normalized spacial score (nSPS) is 24.2. The van der Waals surface area contributed by atoms with Crippen LogP contribution < -0.4 is 5.32 Å². The van der Waals surface area contributed by atoms with Crippen LogP contribution in [0.15, 0.2) is 0 Å². The Labute approximate surface area is 107 Å². The number of H-pyrrole nitrogens is 1. The number of tetrazole rings is 1. The first-order valence-electron chi connectivity index (χ1n) is 6.03. The van der Waals surface area contributed by atoms with Crippen molar-refractivity contribution in [1.29, 1.82) is 0 Å². The molecule has 0 radical (unpaired) electrons. The van der Waals surface area contributed by atoms with Crippen molar-refractivity contribution in [3.8, 4) is 0 Å². The fourth-order valence-corrected chi connectivity index (χ4v) is 2.25. The maximum atomic E-state index is 12.5. The van der Waals surface area contributed by atoms with Gasteiger partial charge in [0.05, 0.1) is 12.5 Å². The standard InChI is InChI=1S/C10H14F3N5O/c11-10(12,13)7-3-1-6(2-4-7)9(19)14-5-8-15-17-18-16-8/h6-7H,1-5H2,(H,14,19)(H,15,16,17,18). The lowest BCUT2D eigenvalue weighted by Crippen LogP contribution is -2.35. The number of aromatic nitrogens is 4. The SMILES string of the molecule is O=C(NCc1nn[nH]n1)C1CCC(C(F)(F)F)CC1. The number of hydrogen-bond donors (Lipinski definition) is 2. The predicted molar refractivity (Wildman–Crippen MR) is 57.5 cm³/mol. The summed E-state index contributed by atoms with van der Waals surface area (Å²) in [5.74, 6) is -1.53. The largest absolute Gasteiger partial charge is 0.391 e. The van der Waals surface area contributed by atoms with Gasteiger partial charge in [0, 0.05) is 5.92 Å². The van der Waals surface area contributed by atoms with Crippen LogP contribution in [-0.4, -0.2) is 32.7 Å². The fraction of sp³-hybridized carbons (Fsp3) is 0.800. The molecule has 0 atom stereocenters. The van der Waals surface area contributed by atoms with Crippen molar-refractivity contribution in [2.45, 2.75) is 38.4 Å². The van der Waals surface area contributed by atoms with Gasteiger partial charge in [-0.05, 0) is 25.7 Å². The second-order valence-electron chi connectivity index (χ2n) is 4.64. The third kappa shape index (κ3) is 3.65. The van der Waals surface area contributed by atoms with Crippen molar-refractivity contribution in [3.63, 3.8) is 0 Å². The molecule has 1 aromatic heterocycles. The van der Waals surface area contributed by atoms with Crippen molar-refractivity contribution in [2.24, 2.45) is 11.8 Å². The van der Waals surface area contributed by atoms with Crippen molar-refractivity contribution < 1.29 is 18.0 Å². The number of hydrogen-bond acceptors (Lipinski definition) is 4. The van der Waals surface area contributed by atoms with Gasteiger partial charge in [0.15, 0.2) is 5.82 Å². The minimum Gasteiger partial charge on any atom is -0.348 e. The monoisotopic (exact) mass is 277 g/mol. The van der Waals surface area contributed by atoms with E-state index in [0.29, 0.717) is 5.82 Å². The molecule has 1 aliphatic carbocycles. The summed E-state index contributed by atoms with van der Waals surface area (Å²) >= 11 is 0. The van der Waals surface area contributed by atoms with Crippen LogP contribution in [-0.2, 0) is 11.3 Å². The molecule has 106 valence electrons. The highest BCUT2D eigenvalue weighted by atomic mass is 19.4. The zero-order chi connectivity index (χ0) is 13.9. The Balaban J connectivity index is 1.76. The van der Waals surface area contributed by atoms with Gasteiger partial charge in [-0.2, -0.15) is 18.4 Å². The van der Waals surface area contributed by atoms with Crippen molar-refractivity contribution >= 4 is 5.91 Å². The quantitative estimate of drug-likeness (QED) is 0.869. The molecule has 2 N–H and O–H groups in total. The van der Waals surface area contributed by atoms with Gasteiger partial charge in [0.1, 0.15) is 0 Å². The Kier molecular flexibility index (Phi) is 4.01. The summed E-state index contributed by atoms with van der Waals surface area (Å²) in [6.45, 7) is 0.133. The Bertz CT molecular complexity index is 411. The van der Waals surface area contributed by atoms with Crippen LogP contribution in [0.2, 0.25) is 0 Å². The van der Waals surface area contributed by atoms with E-state index in [0.717, 1.165) is 0 Å². The van der Waals surface area contributed by atoms with E-state index in [9.17, 15) is 18.0 Å². The number of rotatable bonds is 3. The average Bonchev–Trinajstić information content (AvgIpc) is 2.88. The van der Waals surface area contributed by atoms with E-state index in [-0.39, 0.29) is 44.1 Å². The van der Waals surface area contributed by atoms with Gasteiger partial charge < -0.3 is 5.32 Å². The van der Waals surface area contributed by atoms with Crippen molar-refractivity contribution in [3.05, 3.63) is 5.82 Å². The van der Waals surface area contributed by atoms with Gasteiger partial charge >= 0.3 is 6.18 Å². The van der Waals surface area contributed by atoms with Crippen molar-refractivity contribution in [2.75, 3.05) is 0 Å². The summed E-state index contributed by atoms with van der Waals surface area (Å²) in [5, 5.41) is 15.5. The van der Waals surface area contributed by atoms with Gasteiger partial charge in [0.25, 0.3) is 0 Å². The first-order chi connectivity index (χ1) is 8.97. The first kappa shape index (κ1) is 13.8. The lowest BCUT2D eigenvalue weighted by atomic mass is 9.81. The van der Waals surface area contributed by atoms with E-state index >= 15 is 0 Å². The molecule has 2 rings (SSSR count). The minimum atomic E-state index is -4.15. The van der Waals surface area contributed by atoms with E-state index in [1.165, 1.54) is 0 Å². The molecule has 0 unspecified atom stereocenters. The van der Waals surface area contributed by atoms with Crippen LogP contribution >= 0.6 is 0 Å². The molecule has 19 heavy (non-hydrogen) atoms. The number of nitrogens with zero attached hydrogens (tertiary/aromatic N) is 3. The first-order valence-corrected chi connectivity index (χ1v) is 6.03. The highest BCUT2D eigenvalue weighted by molar-refractivity contribution is 5.78. The molecule has 0 spiro atoms. The molecular formula is C10H14F3N5O. The van der Waals surface area contributed by atoms with Crippen LogP contribution in [0.1, 0.15) is 31.5 Å². The van der Waals surface area contributed by atoms with Crippen molar-refractivity contribution in [1.82, 2.24) is 25.9 Å². The van der Waals surface area contributed by atoms with Crippen LogP contribution in [0.4, 0.5) is 13.2 Å². The fourth-order valence-electron chi connectivity index (χ4n) is 2.25. The molecule has 6 nitrogen and oxygen atoms in total. The van der Waals surface area contributed by atoms with Gasteiger partial charge in [0.2, 0.25) is 5.91 Å². The average molecular weight is 277 g/mol. The zero-order valence-corrected chi connectivity index (χ0v) is 10.1. The summed E-state index contributed by atoms with van der Waals surface area (Å²) < 4.78 is 37.4. The molecule has 9 heteroatoms. The third-order valence-electron chi connectivity index (χ3n) is 3.37. The molecule has 1 amide bonds. The molecule has 0 bridgehead atoms. The summed E-state index contributed by atoms with van der Waals surface area (Å²) in [4.78, 5) is 11.8. The number of aromatic amines is 1. The van der Waals surface area contributed by atoms with Gasteiger partial charge in [-0.25, -0.2) is 0 Å². The number of alkyl halides is 3. The van der Waals surface area contributed by atoms with Crippen LogP contribution in [0.3, 0.4) is 0 Å². The van der Waals surface area contributed by atoms with E-state index in [1.807, 2.05) is 0 Å². The van der Waals surface area contributed by atoms with E-state index in [1.54, 1.807) is 0 Å². The lowest BCUT2D eigenvalue weighted by Gasteiger charge is -2.28. The summed E-state index contributed by atoms with van der Waals surface area (Å²) in [7, 11) is 0. The van der Waals surface area contributed by atoms with E-state index in [4.69, 9.17) is 0 Å². The number of halogens is 3. The minimum absolute atomic E-state index is 0.0177. The lowest BCUT2D eigenvalue weighted by molar-refractivity contribution is -0.184. The van der Waals surface area contributed by atoms with E-state index in [2.05, 4.69) is 25.9 Å². The Morgan fingerprint density at radius 1 is 1.32 bits per heavy atom. The Morgan fingerprint density at radius 3 is 2.53 bits per heavy atom. The summed E-state index contributed by atoms with van der Waals surface area (Å²) in [6, 6.07) is 0. The third-order valence-corrected chi connectivity index (χ3v) is 3.37. The van der Waals surface area contributed by atoms with E-state index < -0.39 is 12.1 Å². The van der Waals surface area contributed by atoms with Crippen LogP contribution in [0.25, 0.3) is 0 Å². The Hall–Kier alpha value is -1.67. The van der Waals surface area contributed by atoms with Gasteiger partial charge in [-0.3, -0.25) is 4.79 Å². The molecule has 0 aromatic carbocycles. The number of carbonyl (C=O) groups is 1. The zero-order valence-electron chi connectivity index (χ0n) is 10.1. The summed E-state index contributed by atoms with van der Waals surface area (Å²) in [5.41, 5.74) is 0. The molecule has 1 heterocycles. The second-order valence-corrected chi connectivity index (χ2v) is 4.64. The Morgan fingerprint density at radius 2 is 2.00 bits per heavy atom.